The Bertz CT molecular complexity index is 385. The predicted molar refractivity (Wildman–Crippen MR) is 84.1 cm³/mol. The third kappa shape index (κ3) is 4.18. The molecular weight excluding hydrogens is 254 g/mol. The van der Waals surface area contributed by atoms with Crippen LogP contribution in [-0.4, -0.2) is 24.6 Å². The maximum absolute atomic E-state index is 4.86. The number of thiazole rings is 1. The van der Waals surface area contributed by atoms with Crippen LogP contribution in [0.3, 0.4) is 0 Å². The van der Waals surface area contributed by atoms with E-state index in [1.165, 1.54) is 41.5 Å². The fourth-order valence-electron chi connectivity index (χ4n) is 2.25. The normalized spacial score (nSPS) is 14.9. The number of hydrogen-bond acceptors (Lipinski definition) is 4. The first-order valence-corrected chi connectivity index (χ1v) is 8.54. The standard InChI is InChI=1S/C15H27N3S/c1-4-9-16-10-14-13(5-2)17-15(19-14)18(6-3)11-12-7-8-12/h12,16H,4-11H2,1-3H3. The summed E-state index contributed by atoms with van der Waals surface area (Å²) >= 11 is 1.89. The zero-order chi connectivity index (χ0) is 13.7. The predicted octanol–water partition coefficient (Wildman–Crippen LogP) is 3.44. The first-order chi connectivity index (χ1) is 9.28. The van der Waals surface area contributed by atoms with Crippen molar-refractivity contribution >= 4 is 16.5 Å². The summed E-state index contributed by atoms with van der Waals surface area (Å²) in [5.74, 6) is 0.926. The van der Waals surface area contributed by atoms with Crippen LogP contribution in [0, 0.1) is 5.92 Å². The molecule has 0 aromatic carbocycles. The average Bonchev–Trinajstić information content (AvgIpc) is 3.15. The van der Waals surface area contributed by atoms with Crippen molar-refractivity contribution in [3.8, 4) is 0 Å². The second-order valence-corrected chi connectivity index (χ2v) is 6.44. The average molecular weight is 281 g/mol. The molecule has 1 N–H and O–H groups in total. The van der Waals surface area contributed by atoms with Gasteiger partial charge in [0.1, 0.15) is 0 Å². The lowest BCUT2D eigenvalue weighted by Gasteiger charge is -2.19. The highest BCUT2D eigenvalue weighted by molar-refractivity contribution is 7.15. The summed E-state index contributed by atoms with van der Waals surface area (Å²) in [5.41, 5.74) is 1.29. The van der Waals surface area contributed by atoms with E-state index < -0.39 is 0 Å². The number of aryl methyl sites for hydroxylation is 1. The van der Waals surface area contributed by atoms with Crippen molar-refractivity contribution in [1.82, 2.24) is 10.3 Å². The van der Waals surface area contributed by atoms with E-state index in [9.17, 15) is 0 Å². The lowest BCUT2D eigenvalue weighted by molar-refractivity contribution is 0.676. The van der Waals surface area contributed by atoms with Crippen LogP contribution in [0.25, 0.3) is 0 Å². The zero-order valence-electron chi connectivity index (χ0n) is 12.5. The number of nitrogens with one attached hydrogen (secondary N) is 1. The van der Waals surface area contributed by atoms with E-state index in [1.807, 2.05) is 11.3 Å². The molecule has 0 amide bonds. The molecule has 0 atom stereocenters. The van der Waals surface area contributed by atoms with Gasteiger partial charge in [0, 0.05) is 24.5 Å². The summed E-state index contributed by atoms with van der Waals surface area (Å²) in [4.78, 5) is 8.76. The van der Waals surface area contributed by atoms with Gasteiger partial charge in [0.2, 0.25) is 0 Å². The van der Waals surface area contributed by atoms with Gasteiger partial charge in [0.25, 0.3) is 0 Å². The monoisotopic (exact) mass is 281 g/mol. The topological polar surface area (TPSA) is 28.2 Å². The van der Waals surface area contributed by atoms with Crippen LogP contribution in [0.4, 0.5) is 5.13 Å². The molecule has 3 nitrogen and oxygen atoms in total. The molecule has 1 fully saturated rings. The van der Waals surface area contributed by atoms with Gasteiger partial charge >= 0.3 is 0 Å². The molecule has 108 valence electrons. The molecule has 1 aromatic heterocycles. The molecule has 4 heteroatoms. The van der Waals surface area contributed by atoms with E-state index >= 15 is 0 Å². The van der Waals surface area contributed by atoms with Crippen LogP contribution < -0.4 is 10.2 Å². The minimum absolute atomic E-state index is 0.926. The number of nitrogens with zero attached hydrogens (tertiary/aromatic N) is 2. The molecule has 1 saturated carbocycles. The lowest BCUT2D eigenvalue weighted by Crippen LogP contribution is -2.24. The minimum Gasteiger partial charge on any atom is -0.348 e. The van der Waals surface area contributed by atoms with E-state index in [2.05, 4.69) is 31.0 Å². The van der Waals surface area contributed by atoms with Crippen molar-refractivity contribution in [2.24, 2.45) is 5.92 Å². The molecule has 0 bridgehead atoms. The van der Waals surface area contributed by atoms with E-state index in [1.54, 1.807) is 0 Å². The van der Waals surface area contributed by atoms with Gasteiger partial charge in [-0.3, -0.25) is 0 Å². The Balaban J connectivity index is 2.02. The number of hydrogen-bond donors (Lipinski definition) is 1. The van der Waals surface area contributed by atoms with Crippen LogP contribution in [0.2, 0.25) is 0 Å². The SMILES string of the molecule is CCCNCc1sc(N(CC)CC2CC2)nc1CC. The third-order valence-electron chi connectivity index (χ3n) is 3.64. The fraction of sp³-hybridized carbons (Fsp3) is 0.800. The second kappa shape index (κ2) is 7.25. The van der Waals surface area contributed by atoms with Crippen molar-refractivity contribution in [2.75, 3.05) is 24.5 Å². The number of rotatable bonds is 9. The van der Waals surface area contributed by atoms with Gasteiger partial charge in [0.15, 0.2) is 5.13 Å². The lowest BCUT2D eigenvalue weighted by atomic mass is 10.3. The maximum atomic E-state index is 4.86. The fourth-order valence-corrected chi connectivity index (χ4v) is 3.44. The first-order valence-electron chi connectivity index (χ1n) is 7.72. The van der Waals surface area contributed by atoms with Crippen LogP contribution in [0.1, 0.15) is 50.6 Å². The van der Waals surface area contributed by atoms with Gasteiger partial charge in [-0.2, -0.15) is 0 Å². The molecule has 1 heterocycles. The van der Waals surface area contributed by atoms with Crippen molar-refractivity contribution in [1.29, 1.82) is 0 Å². The molecule has 0 saturated heterocycles. The van der Waals surface area contributed by atoms with Gasteiger partial charge in [-0.15, -0.1) is 11.3 Å². The maximum Gasteiger partial charge on any atom is 0.185 e. The molecule has 0 spiro atoms. The Kier molecular flexibility index (Phi) is 5.64. The van der Waals surface area contributed by atoms with Gasteiger partial charge in [-0.25, -0.2) is 4.98 Å². The number of aromatic nitrogens is 1. The zero-order valence-corrected chi connectivity index (χ0v) is 13.4. The molecule has 1 aliphatic rings. The highest BCUT2D eigenvalue weighted by atomic mass is 32.1. The summed E-state index contributed by atoms with van der Waals surface area (Å²) in [7, 11) is 0. The Morgan fingerprint density at radius 1 is 1.32 bits per heavy atom. The molecule has 0 radical (unpaired) electrons. The van der Waals surface area contributed by atoms with Crippen molar-refractivity contribution in [3.05, 3.63) is 10.6 Å². The van der Waals surface area contributed by atoms with Crippen LogP contribution in [0.5, 0.6) is 0 Å². The summed E-state index contributed by atoms with van der Waals surface area (Å²) in [5, 5.41) is 4.74. The molecule has 1 aromatic rings. The van der Waals surface area contributed by atoms with E-state index in [-0.39, 0.29) is 0 Å². The Hall–Kier alpha value is -0.610. The van der Waals surface area contributed by atoms with Crippen LogP contribution in [-0.2, 0) is 13.0 Å². The smallest absolute Gasteiger partial charge is 0.185 e. The first kappa shape index (κ1) is 14.8. The summed E-state index contributed by atoms with van der Waals surface area (Å²) in [6.07, 6.45) is 5.05. The Labute approximate surface area is 121 Å². The second-order valence-electron chi connectivity index (χ2n) is 5.38. The van der Waals surface area contributed by atoms with Gasteiger partial charge < -0.3 is 10.2 Å². The highest BCUT2D eigenvalue weighted by Crippen LogP contribution is 2.33. The summed E-state index contributed by atoms with van der Waals surface area (Å²) < 4.78 is 0. The Morgan fingerprint density at radius 2 is 2.11 bits per heavy atom. The molecule has 0 aliphatic heterocycles. The van der Waals surface area contributed by atoms with E-state index in [0.29, 0.717) is 0 Å². The molecule has 2 rings (SSSR count). The van der Waals surface area contributed by atoms with Gasteiger partial charge in [-0.05, 0) is 45.1 Å². The van der Waals surface area contributed by atoms with E-state index in [0.717, 1.165) is 32.0 Å². The molecule has 19 heavy (non-hydrogen) atoms. The van der Waals surface area contributed by atoms with Crippen LogP contribution in [0.15, 0.2) is 0 Å². The van der Waals surface area contributed by atoms with Crippen LogP contribution >= 0.6 is 11.3 Å². The molecular formula is C15H27N3S. The van der Waals surface area contributed by atoms with Crippen molar-refractivity contribution in [3.63, 3.8) is 0 Å². The Morgan fingerprint density at radius 3 is 2.68 bits per heavy atom. The minimum atomic E-state index is 0.926. The third-order valence-corrected chi connectivity index (χ3v) is 4.80. The van der Waals surface area contributed by atoms with Crippen molar-refractivity contribution < 1.29 is 0 Å². The summed E-state index contributed by atoms with van der Waals surface area (Å²) in [6, 6.07) is 0. The largest absolute Gasteiger partial charge is 0.348 e. The summed E-state index contributed by atoms with van der Waals surface area (Å²) in [6.45, 7) is 11.0. The van der Waals surface area contributed by atoms with Gasteiger partial charge in [-0.1, -0.05) is 13.8 Å². The molecule has 0 unspecified atom stereocenters. The van der Waals surface area contributed by atoms with E-state index in [4.69, 9.17) is 4.98 Å². The van der Waals surface area contributed by atoms with Crippen molar-refractivity contribution in [2.45, 2.75) is 53.0 Å². The quantitative estimate of drug-likeness (QED) is 0.703. The number of anilines is 1. The molecule has 1 aliphatic carbocycles. The van der Waals surface area contributed by atoms with Gasteiger partial charge in [0.05, 0.1) is 5.69 Å². The highest BCUT2D eigenvalue weighted by Gasteiger charge is 2.25.